The third-order valence-electron chi connectivity index (χ3n) is 2.87. The lowest BCUT2D eigenvalue weighted by atomic mass is 10.2. The number of hydrogen-bond donors (Lipinski definition) is 2. The highest BCUT2D eigenvalue weighted by Crippen LogP contribution is 2.42. The van der Waals surface area contributed by atoms with Crippen LogP contribution in [0.5, 0.6) is 0 Å². The summed E-state index contributed by atoms with van der Waals surface area (Å²) in [4.78, 5) is 8.86. The molecule has 1 aliphatic rings. The van der Waals surface area contributed by atoms with Gasteiger partial charge in [-0.1, -0.05) is 6.92 Å². The highest BCUT2D eigenvalue weighted by Gasteiger charge is 2.34. The molecule has 0 amide bonds. The van der Waals surface area contributed by atoms with Crippen LogP contribution in [-0.2, 0) is 11.2 Å². The zero-order valence-electron chi connectivity index (χ0n) is 9.73. The largest absolute Gasteiger partial charge is 0.373 e. The Bertz CT molecular complexity index is 343. The van der Waals surface area contributed by atoms with E-state index < -0.39 is 0 Å². The van der Waals surface area contributed by atoms with Gasteiger partial charge in [0.25, 0.3) is 0 Å². The van der Waals surface area contributed by atoms with Gasteiger partial charge in [0, 0.05) is 18.9 Å². The molecule has 1 aromatic heterocycles. The molecule has 0 aromatic carbocycles. The van der Waals surface area contributed by atoms with Crippen molar-refractivity contribution in [2.24, 2.45) is 11.8 Å². The number of rotatable bonds is 5. The number of nitrogens with one attached hydrogen (secondary N) is 1. The topological polar surface area (TPSA) is 73.1 Å². The van der Waals surface area contributed by atoms with Gasteiger partial charge in [-0.15, -0.1) is 0 Å². The SMILES string of the molecule is CCc1cc(NN)nc(C(OC)C2CC2)n1. The van der Waals surface area contributed by atoms with Gasteiger partial charge in [-0.05, 0) is 25.2 Å². The average Bonchev–Trinajstić information content (AvgIpc) is 3.14. The lowest BCUT2D eigenvalue weighted by molar-refractivity contribution is 0.0771. The smallest absolute Gasteiger partial charge is 0.160 e. The maximum Gasteiger partial charge on any atom is 0.160 e. The van der Waals surface area contributed by atoms with E-state index in [1.807, 2.05) is 6.07 Å². The predicted molar refractivity (Wildman–Crippen MR) is 61.7 cm³/mol. The number of hydrazine groups is 1. The fraction of sp³-hybridized carbons (Fsp3) is 0.636. The van der Waals surface area contributed by atoms with Crippen LogP contribution in [0.25, 0.3) is 0 Å². The molecule has 0 spiro atoms. The molecular weight excluding hydrogens is 204 g/mol. The first-order chi connectivity index (χ1) is 7.78. The van der Waals surface area contributed by atoms with Gasteiger partial charge < -0.3 is 10.2 Å². The Hall–Kier alpha value is -1.20. The number of anilines is 1. The van der Waals surface area contributed by atoms with Crippen molar-refractivity contribution in [3.05, 3.63) is 17.6 Å². The molecule has 1 aliphatic carbocycles. The van der Waals surface area contributed by atoms with Crippen molar-refractivity contribution < 1.29 is 4.74 Å². The number of aryl methyl sites for hydroxylation is 1. The second-order valence-corrected chi connectivity index (χ2v) is 4.09. The predicted octanol–water partition coefficient (Wildman–Crippen LogP) is 1.42. The van der Waals surface area contributed by atoms with E-state index in [1.54, 1.807) is 7.11 Å². The third-order valence-corrected chi connectivity index (χ3v) is 2.87. The van der Waals surface area contributed by atoms with Gasteiger partial charge in [0.1, 0.15) is 11.9 Å². The first kappa shape index (κ1) is 11.3. The quantitative estimate of drug-likeness (QED) is 0.582. The molecular formula is C11H18N4O. The molecule has 16 heavy (non-hydrogen) atoms. The minimum Gasteiger partial charge on any atom is -0.373 e. The minimum absolute atomic E-state index is 0.0126. The molecule has 0 aliphatic heterocycles. The van der Waals surface area contributed by atoms with Crippen molar-refractivity contribution in [2.75, 3.05) is 12.5 Å². The molecule has 1 unspecified atom stereocenters. The highest BCUT2D eigenvalue weighted by molar-refractivity contribution is 5.35. The Morgan fingerprint density at radius 1 is 1.56 bits per heavy atom. The summed E-state index contributed by atoms with van der Waals surface area (Å²) in [5.41, 5.74) is 3.56. The number of aromatic nitrogens is 2. The van der Waals surface area contributed by atoms with Crippen LogP contribution in [0.4, 0.5) is 5.82 Å². The molecule has 1 heterocycles. The number of ether oxygens (including phenoxy) is 1. The molecule has 0 saturated heterocycles. The summed E-state index contributed by atoms with van der Waals surface area (Å²) in [5.74, 6) is 7.37. The first-order valence-corrected chi connectivity index (χ1v) is 5.65. The van der Waals surface area contributed by atoms with Crippen LogP contribution < -0.4 is 11.3 Å². The van der Waals surface area contributed by atoms with Crippen molar-refractivity contribution in [1.82, 2.24) is 9.97 Å². The number of nitrogen functional groups attached to an aromatic ring is 1. The van der Waals surface area contributed by atoms with Crippen molar-refractivity contribution >= 4 is 5.82 Å². The van der Waals surface area contributed by atoms with E-state index in [1.165, 1.54) is 12.8 Å². The van der Waals surface area contributed by atoms with Gasteiger partial charge in [-0.25, -0.2) is 15.8 Å². The van der Waals surface area contributed by atoms with Gasteiger partial charge in [-0.3, -0.25) is 0 Å². The Kier molecular flexibility index (Phi) is 3.36. The van der Waals surface area contributed by atoms with Crippen LogP contribution in [-0.4, -0.2) is 17.1 Å². The summed E-state index contributed by atoms with van der Waals surface area (Å²) in [6, 6.07) is 1.86. The van der Waals surface area contributed by atoms with E-state index in [2.05, 4.69) is 22.3 Å². The fourth-order valence-electron chi connectivity index (χ4n) is 1.81. The van der Waals surface area contributed by atoms with Crippen molar-refractivity contribution in [2.45, 2.75) is 32.3 Å². The standard InChI is InChI=1S/C11H18N4O/c1-3-8-6-9(15-12)14-11(13-8)10(16-2)7-4-5-7/h6-7,10H,3-5,12H2,1-2H3,(H,13,14,15). The molecule has 1 atom stereocenters. The fourth-order valence-corrected chi connectivity index (χ4v) is 1.81. The number of nitrogens with zero attached hydrogens (tertiary/aromatic N) is 2. The van der Waals surface area contributed by atoms with Crippen LogP contribution >= 0.6 is 0 Å². The number of nitrogens with two attached hydrogens (primary N) is 1. The lowest BCUT2D eigenvalue weighted by Crippen LogP contribution is -2.15. The summed E-state index contributed by atoms with van der Waals surface area (Å²) in [6.07, 6.45) is 3.28. The second kappa shape index (κ2) is 4.76. The monoisotopic (exact) mass is 222 g/mol. The number of hydrogen-bond acceptors (Lipinski definition) is 5. The Morgan fingerprint density at radius 2 is 2.31 bits per heavy atom. The maximum absolute atomic E-state index is 5.47. The zero-order valence-corrected chi connectivity index (χ0v) is 9.73. The first-order valence-electron chi connectivity index (χ1n) is 5.65. The Morgan fingerprint density at radius 3 is 2.81 bits per heavy atom. The third kappa shape index (κ3) is 2.31. The summed E-state index contributed by atoms with van der Waals surface area (Å²) in [7, 11) is 1.71. The van der Waals surface area contributed by atoms with E-state index >= 15 is 0 Å². The van der Waals surface area contributed by atoms with Crippen LogP contribution in [0.1, 0.15) is 37.4 Å². The van der Waals surface area contributed by atoms with E-state index in [0.29, 0.717) is 11.7 Å². The van der Waals surface area contributed by atoms with Gasteiger partial charge in [0.2, 0.25) is 0 Å². The normalized spacial score (nSPS) is 17.2. The lowest BCUT2D eigenvalue weighted by Gasteiger charge is -2.14. The van der Waals surface area contributed by atoms with Gasteiger partial charge in [-0.2, -0.15) is 0 Å². The summed E-state index contributed by atoms with van der Waals surface area (Å²) in [6.45, 7) is 2.06. The van der Waals surface area contributed by atoms with Crippen LogP contribution in [0.15, 0.2) is 6.07 Å². The van der Waals surface area contributed by atoms with E-state index in [4.69, 9.17) is 10.6 Å². The molecule has 0 bridgehead atoms. The van der Waals surface area contributed by atoms with E-state index in [9.17, 15) is 0 Å². The number of methoxy groups -OCH3 is 1. The van der Waals surface area contributed by atoms with E-state index in [0.717, 1.165) is 17.9 Å². The van der Waals surface area contributed by atoms with Crippen LogP contribution in [0.2, 0.25) is 0 Å². The van der Waals surface area contributed by atoms with Crippen molar-refractivity contribution in [3.8, 4) is 0 Å². The zero-order chi connectivity index (χ0) is 11.5. The van der Waals surface area contributed by atoms with Crippen LogP contribution in [0, 0.1) is 5.92 Å². The molecule has 5 heteroatoms. The molecule has 0 radical (unpaired) electrons. The molecule has 1 saturated carbocycles. The molecule has 1 aromatic rings. The van der Waals surface area contributed by atoms with Crippen molar-refractivity contribution in [3.63, 3.8) is 0 Å². The molecule has 2 rings (SSSR count). The van der Waals surface area contributed by atoms with Gasteiger partial charge >= 0.3 is 0 Å². The summed E-state index contributed by atoms with van der Waals surface area (Å²) < 4.78 is 5.47. The Balaban J connectivity index is 2.30. The van der Waals surface area contributed by atoms with Crippen molar-refractivity contribution in [1.29, 1.82) is 0 Å². The van der Waals surface area contributed by atoms with Gasteiger partial charge in [0.15, 0.2) is 5.82 Å². The van der Waals surface area contributed by atoms with Crippen LogP contribution in [0.3, 0.4) is 0 Å². The molecule has 3 N–H and O–H groups in total. The molecule has 88 valence electrons. The summed E-state index contributed by atoms with van der Waals surface area (Å²) in [5, 5.41) is 0. The maximum atomic E-state index is 5.47. The molecule has 1 fully saturated rings. The highest BCUT2D eigenvalue weighted by atomic mass is 16.5. The average molecular weight is 222 g/mol. The Labute approximate surface area is 95.4 Å². The summed E-state index contributed by atoms with van der Waals surface area (Å²) >= 11 is 0. The molecule has 5 nitrogen and oxygen atoms in total. The minimum atomic E-state index is 0.0126. The van der Waals surface area contributed by atoms with Gasteiger partial charge in [0.05, 0.1) is 0 Å². The second-order valence-electron chi connectivity index (χ2n) is 4.09. The van der Waals surface area contributed by atoms with E-state index in [-0.39, 0.29) is 6.10 Å².